The van der Waals surface area contributed by atoms with E-state index in [1.165, 1.54) is 11.8 Å². The van der Waals surface area contributed by atoms with Gasteiger partial charge in [0.2, 0.25) is 5.91 Å². The first-order valence-electron chi connectivity index (χ1n) is 3.97. The lowest BCUT2D eigenvalue weighted by molar-refractivity contribution is -0.117. The Kier molecular flexibility index (Phi) is 3.70. The third-order valence-corrected chi connectivity index (χ3v) is 2.75. The van der Waals surface area contributed by atoms with Gasteiger partial charge >= 0.3 is 0 Å². The van der Waals surface area contributed by atoms with Crippen LogP contribution in [0.15, 0.2) is 23.6 Å². The van der Waals surface area contributed by atoms with E-state index in [4.69, 9.17) is 5.73 Å². The molecular formula is C8H11N3OS. The molecule has 1 unspecified atom stereocenters. The van der Waals surface area contributed by atoms with Crippen molar-refractivity contribution in [2.75, 3.05) is 0 Å². The van der Waals surface area contributed by atoms with Crippen LogP contribution in [-0.4, -0.2) is 21.1 Å². The molecule has 1 atom stereocenters. The van der Waals surface area contributed by atoms with Gasteiger partial charge in [-0.1, -0.05) is 18.7 Å². The molecule has 0 fully saturated rings. The Morgan fingerprint density at radius 1 is 1.62 bits per heavy atom. The van der Waals surface area contributed by atoms with E-state index in [1.807, 2.05) is 6.92 Å². The van der Waals surface area contributed by atoms with Crippen LogP contribution in [0.2, 0.25) is 0 Å². The average molecular weight is 197 g/mol. The van der Waals surface area contributed by atoms with Crippen LogP contribution in [0.4, 0.5) is 0 Å². The van der Waals surface area contributed by atoms with Gasteiger partial charge < -0.3 is 5.73 Å². The van der Waals surface area contributed by atoms with Crippen LogP contribution in [0, 0.1) is 0 Å². The van der Waals surface area contributed by atoms with Gasteiger partial charge in [-0.25, -0.2) is 9.97 Å². The van der Waals surface area contributed by atoms with Gasteiger partial charge in [0.1, 0.15) is 0 Å². The van der Waals surface area contributed by atoms with Gasteiger partial charge in [0, 0.05) is 12.4 Å². The van der Waals surface area contributed by atoms with Crippen LogP contribution in [0.5, 0.6) is 0 Å². The number of hydrogen-bond donors (Lipinski definition) is 1. The summed E-state index contributed by atoms with van der Waals surface area (Å²) < 4.78 is 0. The standard InChI is InChI=1S/C8H11N3OS/c1-2-6(7(9)12)13-8-10-4-3-5-11-8/h3-6H,2H2,1H3,(H2,9,12). The Bertz CT molecular complexity index is 278. The van der Waals surface area contributed by atoms with Gasteiger partial charge in [-0.2, -0.15) is 0 Å². The number of hydrogen-bond acceptors (Lipinski definition) is 4. The second kappa shape index (κ2) is 4.81. The molecule has 0 aromatic carbocycles. The first-order chi connectivity index (χ1) is 6.24. The van der Waals surface area contributed by atoms with E-state index >= 15 is 0 Å². The quantitative estimate of drug-likeness (QED) is 0.573. The molecule has 70 valence electrons. The topological polar surface area (TPSA) is 68.9 Å². The summed E-state index contributed by atoms with van der Waals surface area (Å²) in [6.45, 7) is 1.91. The largest absolute Gasteiger partial charge is 0.369 e. The maximum atomic E-state index is 10.9. The molecule has 13 heavy (non-hydrogen) atoms. The van der Waals surface area contributed by atoms with Crippen molar-refractivity contribution in [3.8, 4) is 0 Å². The molecule has 0 aliphatic carbocycles. The number of primary amides is 1. The number of aromatic nitrogens is 2. The van der Waals surface area contributed by atoms with Gasteiger partial charge in [0.25, 0.3) is 0 Å². The van der Waals surface area contributed by atoms with Crippen molar-refractivity contribution in [1.29, 1.82) is 0 Å². The van der Waals surface area contributed by atoms with Crippen molar-refractivity contribution < 1.29 is 4.79 Å². The van der Waals surface area contributed by atoms with Crippen LogP contribution in [0.1, 0.15) is 13.3 Å². The number of rotatable bonds is 4. The van der Waals surface area contributed by atoms with Crippen molar-refractivity contribution in [1.82, 2.24) is 9.97 Å². The van der Waals surface area contributed by atoms with Gasteiger partial charge in [0.15, 0.2) is 5.16 Å². The second-order valence-corrected chi connectivity index (χ2v) is 3.62. The minimum Gasteiger partial charge on any atom is -0.369 e. The Balaban J connectivity index is 2.62. The molecule has 2 N–H and O–H groups in total. The maximum Gasteiger partial charge on any atom is 0.231 e. The normalized spacial score (nSPS) is 12.4. The third-order valence-electron chi connectivity index (χ3n) is 1.48. The molecule has 1 heterocycles. The summed E-state index contributed by atoms with van der Waals surface area (Å²) in [5, 5.41) is 0.357. The van der Waals surface area contributed by atoms with Gasteiger partial charge in [-0.15, -0.1) is 0 Å². The van der Waals surface area contributed by atoms with Crippen molar-refractivity contribution in [3.63, 3.8) is 0 Å². The van der Waals surface area contributed by atoms with E-state index in [-0.39, 0.29) is 11.2 Å². The summed E-state index contributed by atoms with van der Waals surface area (Å²) >= 11 is 1.30. The summed E-state index contributed by atoms with van der Waals surface area (Å²) in [5.41, 5.74) is 5.18. The molecule has 4 nitrogen and oxygen atoms in total. The molecule has 1 aromatic rings. The Morgan fingerprint density at radius 2 is 2.23 bits per heavy atom. The number of nitrogens with two attached hydrogens (primary N) is 1. The molecule has 0 aliphatic heterocycles. The molecular weight excluding hydrogens is 186 g/mol. The molecule has 5 heteroatoms. The summed E-state index contributed by atoms with van der Waals surface area (Å²) in [4.78, 5) is 18.9. The molecule has 0 saturated heterocycles. The Labute approximate surface area is 81.0 Å². The lowest BCUT2D eigenvalue weighted by Gasteiger charge is -2.07. The third kappa shape index (κ3) is 3.02. The van der Waals surface area contributed by atoms with E-state index in [1.54, 1.807) is 18.5 Å². The Hall–Kier alpha value is -1.10. The first kappa shape index (κ1) is 9.98. The predicted octanol–water partition coefficient (Wildman–Crippen LogP) is 0.833. The zero-order valence-electron chi connectivity index (χ0n) is 7.30. The van der Waals surface area contributed by atoms with Gasteiger partial charge in [-0.3, -0.25) is 4.79 Å². The number of amides is 1. The average Bonchev–Trinajstić information content (AvgIpc) is 2.15. The summed E-state index contributed by atoms with van der Waals surface area (Å²) in [5.74, 6) is -0.319. The van der Waals surface area contributed by atoms with E-state index < -0.39 is 0 Å². The van der Waals surface area contributed by atoms with E-state index in [9.17, 15) is 4.79 Å². The molecule has 0 radical (unpaired) electrons. The summed E-state index contributed by atoms with van der Waals surface area (Å²) in [6.07, 6.45) is 3.98. The van der Waals surface area contributed by atoms with Gasteiger partial charge in [-0.05, 0) is 12.5 Å². The van der Waals surface area contributed by atoms with Gasteiger partial charge in [0.05, 0.1) is 5.25 Å². The molecule has 1 amide bonds. The molecule has 1 rings (SSSR count). The van der Waals surface area contributed by atoms with Crippen molar-refractivity contribution in [2.24, 2.45) is 5.73 Å². The lowest BCUT2D eigenvalue weighted by Crippen LogP contribution is -2.25. The summed E-state index contributed by atoms with van der Waals surface area (Å²) in [7, 11) is 0. The first-order valence-corrected chi connectivity index (χ1v) is 4.85. The highest BCUT2D eigenvalue weighted by Gasteiger charge is 2.15. The molecule has 0 spiro atoms. The molecule has 0 saturated carbocycles. The van der Waals surface area contributed by atoms with Crippen LogP contribution in [0.3, 0.4) is 0 Å². The highest BCUT2D eigenvalue weighted by Crippen LogP contribution is 2.20. The molecule has 0 aliphatic rings. The summed E-state index contributed by atoms with van der Waals surface area (Å²) in [6, 6.07) is 1.73. The zero-order chi connectivity index (χ0) is 9.68. The van der Waals surface area contributed by atoms with E-state index in [0.29, 0.717) is 11.6 Å². The van der Waals surface area contributed by atoms with Crippen LogP contribution in [-0.2, 0) is 4.79 Å². The number of carbonyl (C=O) groups excluding carboxylic acids is 1. The smallest absolute Gasteiger partial charge is 0.231 e. The van der Waals surface area contributed by atoms with Crippen molar-refractivity contribution in [2.45, 2.75) is 23.8 Å². The lowest BCUT2D eigenvalue weighted by atomic mass is 10.3. The zero-order valence-corrected chi connectivity index (χ0v) is 8.12. The molecule has 1 aromatic heterocycles. The molecule has 0 bridgehead atoms. The number of carbonyl (C=O) groups is 1. The van der Waals surface area contributed by atoms with E-state index in [2.05, 4.69) is 9.97 Å². The van der Waals surface area contributed by atoms with Crippen LogP contribution < -0.4 is 5.73 Å². The maximum absolute atomic E-state index is 10.9. The SMILES string of the molecule is CCC(Sc1ncccn1)C(N)=O. The minimum absolute atomic E-state index is 0.234. The fourth-order valence-electron chi connectivity index (χ4n) is 0.816. The monoisotopic (exact) mass is 197 g/mol. The van der Waals surface area contributed by atoms with Crippen molar-refractivity contribution >= 4 is 17.7 Å². The fraction of sp³-hybridized carbons (Fsp3) is 0.375. The predicted molar refractivity (Wildman–Crippen MR) is 51.2 cm³/mol. The second-order valence-electron chi connectivity index (χ2n) is 2.45. The highest BCUT2D eigenvalue weighted by atomic mass is 32.2. The van der Waals surface area contributed by atoms with Crippen LogP contribution in [0.25, 0.3) is 0 Å². The fourth-order valence-corrected chi connectivity index (χ4v) is 1.60. The number of nitrogens with zero attached hydrogens (tertiary/aromatic N) is 2. The van der Waals surface area contributed by atoms with Crippen molar-refractivity contribution in [3.05, 3.63) is 18.5 Å². The Morgan fingerprint density at radius 3 is 2.69 bits per heavy atom. The highest BCUT2D eigenvalue weighted by molar-refractivity contribution is 8.00. The minimum atomic E-state index is -0.319. The van der Waals surface area contributed by atoms with E-state index in [0.717, 1.165) is 0 Å². The number of thioether (sulfide) groups is 1. The van der Waals surface area contributed by atoms with Crippen LogP contribution >= 0.6 is 11.8 Å².